The van der Waals surface area contributed by atoms with Gasteiger partial charge in [0.2, 0.25) is 0 Å². The molecule has 0 aromatic carbocycles. The smallest absolute Gasteiger partial charge is 0.191 e. The van der Waals surface area contributed by atoms with Gasteiger partial charge in [0.05, 0.1) is 12.6 Å². The summed E-state index contributed by atoms with van der Waals surface area (Å²) in [5.74, 6) is 4.10. The van der Waals surface area contributed by atoms with Crippen molar-refractivity contribution in [1.82, 2.24) is 25.4 Å². The maximum Gasteiger partial charge on any atom is 0.191 e. The van der Waals surface area contributed by atoms with Crippen LogP contribution in [0.3, 0.4) is 0 Å². The van der Waals surface area contributed by atoms with Crippen molar-refractivity contribution < 1.29 is 4.74 Å². The fourth-order valence-corrected chi connectivity index (χ4v) is 5.78. The molecule has 5 rings (SSSR count). The maximum atomic E-state index is 6.07. The Morgan fingerprint density at radius 1 is 1.31 bits per heavy atom. The molecular formula is C21H35IN6O. The molecular weight excluding hydrogens is 479 g/mol. The zero-order chi connectivity index (χ0) is 19.3. The number of ether oxygens (including phenoxy) is 1. The fourth-order valence-electron chi connectivity index (χ4n) is 5.78. The van der Waals surface area contributed by atoms with Gasteiger partial charge in [0, 0.05) is 48.9 Å². The third-order valence-electron chi connectivity index (χ3n) is 7.38. The number of aliphatic imine (C=N–C) groups is 1. The molecule has 1 aromatic heterocycles. The Hall–Kier alpha value is -0.900. The summed E-state index contributed by atoms with van der Waals surface area (Å²) in [5.41, 5.74) is 0.370. The van der Waals surface area contributed by atoms with Crippen LogP contribution in [-0.2, 0) is 17.7 Å². The summed E-state index contributed by atoms with van der Waals surface area (Å²) in [7, 11) is 0. The Balaban J connectivity index is 0.00000205. The van der Waals surface area contributed by atoms with Crippen LogP contribution in [0.4, 0.5) is 0 Å². The molecule has 2 aliphatic heterocycles. The van der Waals surface area contributed by atoms with Gasteiger partial charge >= 0.3 is 0 Å². The third-order valence-corrected chi connectivity index (χ3v) is 7.38. The summed E-state index contributed by atoms with van der Waals surface area (Å²) in [6.45, 7) is 9.00. The number of aromatic nitrogens is 3. The lowest BCUT2D eigenvalue weighted by Gasteiger charge is -2.63. The molecule has 4 atom stereocenters. The van der Waals surface area contributed by atoms with Crippen molar-refractivity contribution in [2.24, 2.45) is 16.3 Å². The lowest BCUT2D eigenvalue weighted by Crippen LogP contribution is -2.72. The van der Waals surface area contributed by atoms with Crippen LogP contribution >= 0.6 is 24.0 Å². The first kappa shape index (κ1) is 21.3. The van der Waals surface area contributed by atoms with Crippen molar-refractivity contribution in [1.29, 1.82) is 0 Å². The minimum Gasteiger partial charge on any atom is -0.377 e. The highest BCUT2D eigenvalue weighted by atomic mass is 127. The number of nitrogens with zero attached hydrogens (tertiary/aromatic N) is 4. The van der Waals surface area contributed by atoms with Crippen molar-refractivity contribution in [2.45, 2.75) is 89.9 Å². The molecule has 1 aromatic rings. The Morgan fingerprint density at radius 2 is 2.14 bits per heavy atom. The molecule has 0 radical (unpaired) electrons. The molecule has 1 saturated heterocycles. The Kier molecular flexibility index (Phi) is 6.12. The van der Waals surface area contributed by atoms with E-state index in [0.29, 0.717) is 35.4 Å². The Labute approximate surface area is 190 Å². The minimum atomic E-state index is 0. The number of hydrogen-bond donors (Lipinski definition) is 2. The van der Waals surface area contributed by atoms with Crippen molar-refractivity contribution in [3.05, 3.63) is 11.6 Å². The van der Waals surface area contributed by atoms with E-state index in [0.717, 1.165) is 50.1 Å². The van der Waals surface area contributed by atoms with E-state index < -0.39 is 0 Å². The lowest BCUT2D eigenvalue weighted by atomic mass is 9.46. The van der Waals surface area contributed by atoms with Crippen LogP contribution in [0.25, 0.3) is 0 Å². The Bertz CT molecular complexity index is 758. The highest BCUT2D eigenvalue weighted by Gasteiger charge is 2.66. The fraction of sp³-hybridized carbons (Fsp3) is 0.857. The first-order valence-electron chi connectivity index (χ1n) is 11.2. The van der Waals surface area contributed by atoms with Crippen LogP contribution in [0.2, 0.25) is 0 Å². The third kappa shape index (κ3) is 3.58. The van der Waals surface area contributed by atoms with Crippen LogP contribution in [-0.4, -0.2) is 52.1 Å². The number of rotatable bonds is 4. The van der Waals surface area contributed by atoms with Crippen LogP contribution < -0.4 is 10.6 Å². The molecule has 8 heteroatoms. The molecule has 3 fully saturated rings. The first-order chi connectivity index (χ1) is 13.6. The SMILES string of the molecule is CCN=C(NC1CCc2nc(C(C)C)nn2C1)NC1C2CCOC2C12CCC2.I. The molecule has 3 heterocycles. The van der Waals surface area contributed by atoms with Gasteiger partial charge in [-0.05, 0) is 32.6 Å². The van der Waals surface area contributed by atoms with E-state index >= 15 is 0 Å². The lowest BCUT2D eigenvalue weighted by molar-refractivity contribution is -0.171. The molecule has 0 amide bonds. The molecule has 1 spiro atoms. The van der Waals surface area contributed by atoms with E-state index in [-0.39, 0.29) is 24.0 Å². The van der Waals surface area contributed by atoms with Gasteiger partial charge in [0.15, 0.2) is 11.8 Å². The second-order valence-electron chi connectivity index (χ2n) is 9.38. The second-order valence-corrected chi connectivity index (χ2v) is 9.38. The Morgan fingerprint density at radius 3 is 2.83 bits per heavy atom. The molecule has 2 saturated carbocycles. The zero-order valence-corrected chi connectivity index (χ0v) is 20.2. The summed E-state index contributed by atoms with van der Waals surface area (Å²) in [6.07, 6.45) is 7.67. The summed E-state index contributed by atoms with van der Waals surface area (Å²) in [5, 5.41) is 12.3. The first-order valence-corrected chi connectivity index (χ1v) is 11.2. The van der Waals surface area contributed by atoms with Gasteiger partial charge in [-0.15, -0.1) is 24.0 Å². The molecule has 7 nitrogen and oxygen atoms in total. The number of guanidine groups is 1. The van der Waals surface area contributed by atoms with Gasteiger partial charge in [0.25, 0.3) is 0 Å². The molecule has 4 aliphatic rings. The molecule has 2 N–H and O–H groups in total. The minimum absolute atomic E-state index is 0. The summed E-state index contributed by atoms with van der Waals surface area (Å²) in [4.78, 5) is 9.49. The largest absolute Gasteiger partial charge is 0.377 e. The molecule has 2 aliphatic carbocycles. The summed E-state index contributed by atoms with van der Waals surface area (Å²) in [6, 6.07) is 0.865. The number of halogens is 1. The molecule has 162 valence electrons. The number of hydrogen-bond acceptors (Lipinski definition) is 4. The average Bonchev–Trinajstić information content (AvgIpc) is 3.23. The van der Waals surface area contributed by atoms with Gasteiger partial charge < -0.3 is 15.4 Å². The highest BCUT2D eigenvalue weighted by Crippen LogP contribution is 2.62. The van der Waals surface area contributed by atoms with E-state index in [2.05, 4.69) is 36.1 Å². The van der Waals surface area contributed by atoms with Crippen LogP contribution in [0.15, 0.2) is 4.99 Å². The van der Waals surface area contributed by atoms with Gasteiger partial charge in [-0.1, -0.05) is 20.3 Å². The summed E-state index contributed by atoms with van der Waals surface area (Å²) < 4.78 is 8.17. The van der Waals surface area contributed by atoms with Crippen LogP contribution in [0.5, 0.6) is 0 Å². The number of aryl methyl sites for hydroxylation is 1. The summed E-state index contributed by atoms with van der Waals surface area (Å²) >= 11 is 0. The molecule has 4 unspecified atom stereocenters. The van der Waals surface area contributed by atoms with Gasteiger partial charge in [-0.25, -0.2) is 9.67 Å². The topological polar surface area (TPSA) is 76.4 Å². The number of nitrogens with one attached hydrogen (secondary N) is 2. The van der Waals surface area contributed by atoms with Crippen molar-refractivity contribution in [3.8, 4) is 0 Å². The standard InChI is InChI=1S/C21H34N6O.HI/c1-4-22-20(25-17-15-8-11-28-18(15)21(17)9-5-10-21)23-14-6-7-16-24-19(13(2)3)26-27(16)12-14;/h13-15,17-18H,4-12H2,1-3H3,(H2,22,23,25);1H. The van der Waals surface area contributed by atoms with Gasteiger partial charge in [-0.3, -0.25) is 4.99 Å². The quantitative estimate of drug-likeness (QED) is 0.367. The molecule has 0 bridgehead atoms. The molecule has 29 heavy (non-hydrogen) atoms. The predicted molar refractivity (Wildman–Crippen MR) is 124 cm³/mol. The van der Waals surface area contributed by atoms with Crippen molar-refractivity contribution >= 4 is 29.9 Å². The zero-order valence-electron chi connectivity index (χ0n) is 17.9. The average molecular weight is 514 g/mol. The van der Waals surface area contributed by atoms with E-state index in [1.54, 1.807) is 0 Å². The van der Waals surface area contributed by atoms with E-state index in [4.69, 9.17) is 19.8 Å². The monoisotopic (exact) mass is 514 g/mol. The maximum absolute atomic E-state index is 6.07. The predicted octanol–water partition coefficient (Wildman–Crippen LogP) is 2.85. The van der Waals surface area contributed by atoms with Crippen LogP contribution in [0.1, 0.15) is 70.4 Å². The van der Waals surface area contributed by atoms with Crippen LogP contribution in [0, 0.1) is 11.3 Å². The highest BCUT2D eigenvalue weighted by molar-refractivity contribution is 14.0. The van der Waals surface area contributed by atoms with Gasteiger partial charge in [-0.2, -0.15) is 5.10 Å². The van der Waals surface area contributed by atoms with Gasteiger partial charge in [0.1, 0.15) is 5.82 Å². The normalized spacial score (nSPS) is 32.1. The van der Waals surface area contributed by atoms with E-state index in [1.165, 1.54) is 25.7 Å². The second kappa shape index (κ2) is 8.32. The van der Waals surface area contributed by atoms with Crippen molar-refractivity contribution in [3.63, 3.8) is 0 Å². The van der Waals surface area contributed by atoms with Crippen molar-refractivity contribution in [2.75, 3.05) is 13.2 Å². The van der Waals surface area contributed by atoms with E-state index in [1.807, 2.05) is 0 Å². The van der Waals surface area contributed by atoms with E-state index in [9.17, 15) is 0 Å². The number of fused-ring (bicyclic) bond motifs is 3.